The molecule has 0 unspecified atom stereocenters. The second-order valence-electron chi connectivity index (χ2n) is 10.4. The molecule has 0 bridgehead atoms. The lowest BCUT2D eigenvalue weighted by atomic mass is 9.87. The third-order valence-corrected chi connectivity index (χ3v) is 7.56. The molecule has 0 aromatic heterocycles. The topological polar surface area (TPSA) is 32.7 Å². The van der Waals surface area contributed by atoms with Crippen molar-refractivity contribution in [3.63, 3.8) is 0 Å². The highest BCUT2D eigenvalue weighted by Gasteiger charge is 2.26. The van der Waals surface area contributed by atoms with E-state index in [1.165, 1.54) is 12.1 Å². The summed E-state index contributed by atoms with van der Waals surface area (Å²) < 4.78 is 46.5. The van der Waals surface area contributed by atoms with Crippen LogP contribution in [-0.2, 0) is 12.3 Å². The van der Waals surface area contributed by atoms with Gasteiger partial charge in [0.05, 0.1) is 6.67 Å². The first-order chi connectivity index (χ1) is 18.3. The number of hydrogen-bond acceptors (Lipinski definition) is 3. The summed E-state index contributed by atoms with van der Waals surface area (Å²) in [6.07, 6.45) is 4.08. The molecule has 0 spiro atoms. The quantitative estimate of drug-likeness (QED) is 0.314. The van der Waals surface area contributed by atoms with E-state index in [9.17, 15) is 18.3 Å². The Morgan fingerprint density at radius 2 is 1.69 bits per heavy atom. The van der Waals surface area contributed by atoms with Gasteiger partial charge in [-0.25, -0.2) is 8.78 Å². The SMILES string of the molecule is C.CC(F)(F)c1ccc(C2=C(c3ccc(O[C@H]4CCN(CCCF)C4)cc3)c3ccc(O)cc3CCC2)cc1. The van der Waals surface area contributed by atoms with Gasteiger partial charge in [-0.3, -0.25) is 9.29 Å². The Morgan fingerprint density at radius 3 is 2.38 bits per heavy atom. The normalized spacial score (nSPS) is 17.9. The van der Waals surface area contributed by atoms with Crippen LogP contribution in [-0.4, -0.2) is 42.4 Å². The van der Waals surface area contributed by atoms with E-state index in [1.807, 2.05) is 24.3 Å². The van der Waals surface area contributed by atoms with E-state index >= 15 is 0 Å². The maximum Gasteiger partial charge on any atom is 0.270 e. The van der Waals surface area contributed by atoms with Crippen molar-refractivity contribution < 1.29 is 23.0 Å². The van der Waals surface area contributed by atoms with Gasteiger partial charge in [0.15, 0.2) is 0 Å². The summed E-state index contributed by atoms with van der Waals surface area (Å²) in [6.45, 7) is 3.11. The zero-order valence-electron chi connectivity index (χ0n) is 21.7. The smallest absolute Gasteiger partial charge is 0.270 e. The Labute approximate surface area is 229 Å². The Kier molecular flexibility index (Phi) is 9.06. The third kappa shape index (κ3) is 6.67. The minimum absolute atomic E-state index is 0. The van der Waals surface area contributed by atoms with Crippen molar-refractivity contribution in [2.45, 2.75) is 58.5 Å². The van der Waals surface area contributed by atoms with E-state index in [0.717, 1.165) is 91.4 Å². The van der Waals surface area contributed by atoms with Crippen LogP contribution in [0, 0.1) is 0 Å². The lowest BCUT2D eigenvalue weighted by Crippen LogP contribution is -2.26. The molecule has 1 N–H and O–H groups in total. The van der Waals surface area contributed by atoms with Crippen molar-refractivity contribution in [1.29, 1.82) is 0 Å². The summed E-state index contributed by atoms with van der Waals surface area (Å²) in [5.74, 6) is -1.85. The Balaban J connectivity index is 0.00000353. The number of halogens is 3. The van der Waals surface area contributed by atoms with Crippen LogP contribution in [0.3, 0.4) is 0 Å². The van der Waals surface area contributed by atoms with Crippen LogP contribution in [0.1, 0.15) is 67.9 Å². The molecule has 39 heavy (non-hydrogen) atoms. The molecule has 1 fully saturated rings. The van der Waals surface area contributed by atoms with Crippen molar-refractivity contribution in [3.8, 4) is 11.5 Å². The molecule has 1 heterocycles. The molecule has 0 amide bonds. The zero-order chi connectivity index (χ0) is 26.7. The highest BCUT2D eigenvalue weighted by Crippen LogP contribution is 2.41. The summed E-state index contributed by atoms with van der Waals surface area (Å²) >= 11 is 0. The number of nitrogens with zero attached hydrogens (tertiary/aromatic N) is 1. The fourth-order valence-corrected chi connectivity index (χ4v) is 5.63. The molecule has 1 saturated heterocycles. The van der Waals surface area contributed by atoms with Crippen LogP contribution in [0.2, 0.25) is 0 Å². The first-order valence-corrected chi connectivity index (χ1v) is 13.4. The first kappa shape index (κ1) is 28.8. The van der Waals surface area contributed by atoms with E-state index < -0.39 is 5.92 Å². The predicted molar refractivity (Wildman–Crippen MR) is 152 cm³/mol. The van der Waals surface area contributed by atoms with Gasteiger partial charge in [-0.2, -0.15) is 0 Å². The second-order valence-corrected chi connectivity index (χ2v) is 10.4. The number of aryl methyl sites for hydroxylation is 1. The van der Waals surface area contributed by atoms with Gasteiger partial charge < -0.3 is 9.84 Å². The van der Waals surface area contributed by atoms with E-state index in [4.69, 9.17) is 4.74 Å². The van der Waals surface area contributed by atoms with Crippen molar-refractivity contribution in [2.24, 2.45) is 0 Å². The third-order valence-electron chi connectivity index (χ3n) is 7.56. The second kappa shape index (κ2) is 12.3. The molecule has 3 aromatic rings. The molecule has 1 atom stereocenters. The molecular weight excluding hydrogens is 499 g/mol. The number of likely N-dealkylation sites (tertiary alicyclic amines) is 1. The molecule has 2 aliphatic rings. The number of phenols is 1. The molecule has 3 nitrogen and oxygen atoms in total. The maximum absolute atomic E-state index is 13.9. The number of alkyl halides is 3. The minimum Gasteiger partial charge on any atom is -0.508 e. The number of fused-ring (bicyclic) bond motifs is 1. The van der Waals surface area contributed by atoms with Crippen LogP contribution in [0.25, 0.3) is 11.1 Å². The number of hydrogen-bond donors (Lipinski definition) is 1. The molecule has 3 aromatic carbocycles. The molecule has 6 heteroatoms. The molecule has 0 radical (unpaired) electrons. The van der Waals surface area contributed by atoms with Gasteiger partial charge in [0.1, 0.15) is 17.6 Å². The zero-order valence-corrected chi connectivity index (χ0v) is 21.7. The number of benzene rings is 3. The molecule has 0 saturated carbocycles. The number of allylic oxidation sites excluding steroid dienone is 1. The summed E-state index contributed by atoms with van der Waals surface area (Å²) in [7, 11) is 0. The molecular formula is C33H38F3NO2. The van der Waals surface area contributed by atoms with Gasteiger partial charge in [0.2, 0.25) is 0 Å². The lowest BCUT2D eigenvalue weighted by molar-refractivity contribution is 0.0175. The van der Waals surface area contributed by atoms with Gasteiger partial charge in [-0.1, -0.05) is 49.9 Å². The Morgan fingerprint density at radius 1 is 0.974 bits per heavy atom. The van der Waals surface area contributed by atoms with Gasteiger partial charge in [0.25, 0.3) is 5.92 Å². The fraction of sp³-hybridized carbons (Fsp3) is 0.394. The Hall–Kier alpha value is -3.25. The molecule has 1 aliphatic heterocycles. The van der Waals surface area contributed by atoms with Crippen molar-refractivity contribution in [2.75, 3.05) is 26.3 Å². The van der Waals surface area contributed by atoms with E-state index in [0.29, 0.717) is 6.42 Å². The minimum atomic E-state index is -2.89. The number of rotatable bonds is 8. The van der Waals surface area contributed by atoms with Gasteiger partial charge in [-0.15, -0.1) is 0 Å². The molecule has 1 aliphatic carbocycles. The van der Waals surface area contributed by atoms with E-state index in [2.05, 4.69) is 17.0 Å². The summed E-state index contributed by atoms with van der Waals surface area (Å²) in [6, 6.07) is 20.2. The summed E-state index contributed by atoms with van der Waals surface area (Å²) in [5, 5.41) is 10.1. The van der Waals surface area contributed by atoms with Crippen LogP contribution >= 0.6 is 0 Å². The largest absolute Gasteiger partial charge is 0.508 e. The van der Waals surface area contributed by atoms with Crippen molar-refractivity contribution in [1.82, 2.24) is 4.90 Å². The average Bonchev–Trinajstić information content (AvgIpc) is 3.26. The highest BCUT2D eigenvalue weighted by molar-refractivity contribution is 6.00. The summed E-state index contributed by atoms with van der Waals surface area (Å²) in [5.41, 5.74) is 6.22. The van der Waals surface area contributed by atoms with Gasteiger partial charge >= 0.3 is 0 Å². The average molecular weight is 538 g/mol. The Bertz CT molecular complexity index is 1280. The number of aromatic hydroxyl groups is 1. The van der Waals surface area contributed by atoms with E-state index in [1.54, 1.807) is 18.2 Å². The predicted octanol–water partition coefficient (Wildman–Crippen LogP) is 8.25. The first-order valence-electron chi connectivity index (χ1n) is 13.4. The lowest BCUT2D eigenvalue weighted by Gasteiger charge is -2.19. The number of ether oxygens (including phenoxy) is 1. The highest BCUT2D eigenvalue weighted by atomic mass is 19.3. The summed E-state index contributed by atoms with van der Waals surface area (Å²) in [4.78, 5) is 2.24. The van der Waals surface area contributed by atoms with Gasteiger partial charge in [0, 0.05) is 32.1 Å². The van der Waals surface area contributed by atoms with Crippen molar-refractivity contribution >= 4 is 11.1 Å². The van der Waals surface area contributed by atoms with Crippen LogP contribution < -0.4 is 4.74 Å². The molecule has 5 rings (SSSR count). The van der Waals surface area contributed by atoms with Crippen LogP contribution in [0.4, 0.5) is 13.2 Å². The molecule has 208 valence electrons. The maximum atomic E-state index is 13.9. The van der Waals surface area contributed by atoms with Crippen LogP contribution in [0.5, 0.6) is 11.5 Å². The number of phenolic OH excluding ortho intramolecular Hbond substituents is 1. The standard InChI is InChI=1S/C32H34F3NO2.CH4/c1-32(34,35)25-10-6-22(7-11-25)29-5-2-4-24-20-26(37)12-15-30(24)31(29)23-8-13-27(14-9-23)38-28-16-19-36(21-28)18-3-17-33;/h6-15,20,28,37H,2-5,16-19,21H2,1H3;1H4/t28-;/m0./s1. The van der Waals surface area contributed by atoms with Gasteiger partial charge in [-0.05, 0) is 89.8 Å². The monoisotopic (exact) mass is 537 g/mol. The van der Waals surface area contributed by atoms with Crippen LogP contribution in [0.15, 0.2) is 66.7 Å². The van der Waals surface area contributed by atoms with E-state index in [-0.39, 0.29) is 31.5 Å². The van der Waals surface area contributed by atoms with Crippen molar-refractivity contribution in [3.05, 3.63) is 94.5 Å². The fourth-order valence-electron chi connectivity index (χ4n) is 5.63.